The highest BCUT2D eigenvalue weighted by Gasteiger charge is 2.23. The summed E-state index contributed by atoms with van der Waals surface area (Å²) in [7, 11) is 2.11. The summed E-state index contributed by atoms with van der Waals surface area (Å²) in [4.78, 5) is 12.6. The van der Waals surface area contributed by atoms with Gasteiger partial charge in [-0.2, -0.15) is 0 Å². The van der Waals surface area contributed by atoms with Crippen LogP contribution in [0.15, 0.2) is 24.3 Å². The molecule has 104 valence electrons. The maximum Gasteiger partial charge on any atom is 0.269 e. The first-order valence-electron chi connectivity index (χ1n) is 6.63. The fourth-order valence-corrected chi connectivity index (χ4v) is 2.52. The molecule has 1 aliphatic heterocycles. The Bertz CT molecular complexity index is 427. The van der Waals surface area contributed by atoms with Crippen molar-refractivity contribution in [1.82, 2.24) is 4.90 Å². The molecule has 0 radical (unpaired) electrons. The quantitative estimate of drug-likeness (QED) is 0.620. The number of rotatable bonds is 4. The lowest BCUT2D eigenvalue weighted by atomic mass is 10.0. The average molecular weight is 264 g/mol. The first-order chi connectivity index (χ1) is 9.09. The summed E-state index contributed by atoms with van der Waals surface area (Å²) in [6, 6.07) is 7.62. The monoisotopic (exact) mass is 264 g/mol. The van der Waals surface area contributed by atoms with Crippen molar-refractivity contribution in [3.63, 3.8) is 0 Å². The predicted molar refractivity (Wildman–Crippen MR) is 73.1 cm³/mol. The van der Waals surface area contributed by atoms with Gasteiger partial charge in [0.15, 0.2) is 0 Å². The minimum absolute atomic E-state index is 0.143. The summed E-state index contributed by atoms with van der Waals surface area (Å²) >= 11 is 0. The molecular formula is C14H20N2O3. The highest BCUT2D eigenvalue weighted by Crippen LogP contribution is 2.26. The van der Waals surface area contributed by atoms with Gasteiger partial charge in [0, 0.05) is 37.4 Å². The van der Waals surface area contributed by atoms with Crippen LogP contribution in [-0.4, -0.2) is 36.1 Å². The molecule has 0 amide bonds. The van der Waals surface area contributed by atoms with Crippen molar-refractivity contribution in [2.45, 2.75) is 31.8 Å². The Morgan fingerprint density at radius 1 is 1.32 bits per heavy atom. The van der Waals surface area contributed by atoms with E-state index in [9.17, 15) is 10.1 Å². The van der Waals surface area contributed by atoms with E-state index < -0.39 is 0 Å². The lowest BCUT2D eigenvalue weighted by molar-refractivity contribution is -0.384. The topological polar surface area (TPSA) is 55.6 Å². The van der Waals surface area contributed by atoms with Gasteiger partial charge in [-0.15, -0.1) is 0 Å². The zero-order valence-electron chi connectivity index (χ0n) is 11.4. The fraction of sp³-hybridized carbons (Fsp3) is 0.571. The number of nitro benzene ring substituents is 1. The molecule has 1 heterocycles. The maximum atomic E-state index is 10.6. The fourth-order valence-electron chi connectivity index (χ4n) is 2.52. The van der Waals surface area contributed by atoms with Crippen molar-refractivity contribution in [1.29, 1.82) is 0 Å². The van der Waals surface area contributed by atoms with E-state index in [1.807, 2.05) is 12.1 Å². The third-order valence-corrected chi connectivity index (χ3v) is 3.96. The number of nitrogens with zero attached hydrogens (tertiary/aromatic N) is 2. The number of non-ortho nitro benzene ring substituents is 1. The first kappa shape index (κ1) is 14.0. The molecule has 5 nitrogen and oxygen atoms in total. The zero-order chi connectivity index (χ0) is 13.8. The molecule has 0 bridgehead atoms. The van der Waals surface area contributed by atoms with Crippen molar-refractivity contribution in [3.05, 3.63) is 39.9 Å². The SMILES string of the molecule is C[C@H](c1ccc([N+](=O)[O-])cc1)N(C)C1CCOCC1. The van der Waals surface area contributed by atoms with Crippen molar-refractivity contribution in [2.75, 3.05) is 20.3 Å². The number of nitro groups is 1. The van der Waals surface area contributed by atoms with Crippen LogP contribution in [0.5, 0.6) is 0 Å². The molecule has 0 aromatic heterocycles. The summed E-state index contributed by atoms with van der Waals surface area (Å²) < 4.78 is 5.38. The molecule has 0 spiro atoms. The minimum Gasteiger partial charge on any atom is -0.381 e. The number of benzene rings is 1. The Morgan fingerprint density at radius 2 is 1.89 bits per heavy atom. The average Bonchev–Trinajstić information content (AvgIpc) is 2.46. The van der Waals surface area contributed by atoms with Crippen LogP contribution < -0.4 is 0 Å². The second-order valence-corrected chi connectivity index (χ2v) is 5.03. The van der Waals surface area contributed by atoms with Gasteiger partial charge in [0.2, 0.25) is 0 Å². The van der Waals surface area contributed by atoms with Gasteiger partial charge in [-0.1, -0.05) is 12.1 Å². The van der Waals surface area contributed by atoms with Gasteiger partial charge in [-0.3, -0.25) is 15.0 Å². The van der Waals surface area contributed by atoms with Crippen LogP contribution in [0.25, 0.3) is 0 Å². The van der Waals surface area contributed by atoms with Gasteiger partial charge >= 0.3 is 0 Å². The van der Waals surface area contributed by atoms with E-state index in [1.165, 1.54) is 0 Å². The maximum absolute atomic E-state index is 10.6. The Hall–Kier alpha value is -1.46. The van der Waals surface area contributed by atoms with Crippen molar-refractivity contribution in [3.8, 4) is 0 Å². The van der Waals surface area contributed by atoms with E-state index >= 15 is 0 Å². The summed E-state index contributed by atoms with van der Waals surface area (Å²) in [5.41, 5.74) is 1.25. The molecule has 0 aliphatic carbocycles. The van der Waals surface area contributed by atoms with Crippen LogP contribution in [-0.2, 0) is 4.74 Å². The normalized spacial score (nSPS) is 18.5. The lowest BCUT2D eigenvalue weighted by Crippen LogP contribution is -2.38. The molecule has 0 N–H and O–H groups in total. The molecule has 19 heavy (non-hydrogen) atoms. The minimum atomic E-state index is -0.364. The molecule has 5 heteroatoms. The van der Waals surface area contributed by atoms with Gasteiger partial charge in [0.1, 0.15) is 0 Å². The smallest absolute Gasteiger partial charge is 0.269 e. The van der Waals surface area contributed by atoms with E-state index in [1.54, 1.807) is 12.1 Å². The van der Waals surface area contributed by atoms with E-state index in [2.05, 4.69) is 18.9 Å². The molecule has 1 fully saturated rings. The Balaban J connectivity index is 2.05. The van der Waals surface area contributed by atoms with Gasteiger partial charge in [-0.05, 0) is 32.4 Å². The molecule has 0 unspecified atom stereocenters. The van der Waals surface area contributed by atoms with Crippen LogP contribution in [0.4, 0.5) is 5.69 Å². The van der Waals surface area contributed by atoms with Crippen LogP contribution in [0.1, 0.15) is 31.4 Å². The van der Waals surface area contributed by atoms with Gasteiger partial charge in [-0.25, -0.2) is 0 Å². The van der Waals surface area contributed by atoms with E-state index in [4.69, 9.17) is 4.74 Å². The Labute approximate surface area is 113 Å². The van der Waals surface area contributed by atoms with Crippen molar-refractivity contribution < 1.29 is 9.66 Å². The van der Waals surface area contributed by atoms with E-state index in [0.717, 1.165) is 31.6 Å². The largest absolute Gasteiger partial charge is 0.381 e. The highest BCUT2D eigenvalue weighted by atomic mass is 16.6. The molecule has 1 saturated heterocycles. The zero-order valence-corrected chi connectivity index (χ0v) is 11.4. The van der Waals surface area contributed by atoms with Gasteiger partial charge < -0.3 is 4.74 Å². The van der Waals surface area contributed by atoms with Gasteiger partial charge in [0.25, 0.3) is 5.69 Å². The predicted octanol–water partition coefficient (Wildman–Crippen LogP) is 2.77. The third kappa shape index (κ3) is 3.30. The summed E-state index contributed by atoms with van der Waals surface area (Å²) in [5.74, 6) is 0. The molecule has 2 rings (SSSR count). The summed E-state index contributed by atoms with van der Waals surface area (Å²) in [6.07, 6.45) is 2.10. The molecular weight excluding hydrogens is 244 g/mol. The third-order valence-electron chi connectivity index (χ3n) is 3.96. The second kappa shape index (κ2) is 6.12. The van der Waals surface area contributed by atoms with Crippen LogP contribution in [0.3, 0.4) is 0 Å². The standard InChI is InChI=1S/C14H20N2O3/c1-11(15(2)13-7-9-19-10-8-13)12-3-5-14(6-4-12)16(17)18/h3-6,11,13H,7-10H2,1-2H3/t11-/m1/s1. The van der Waals surface area contributed by atoms with E-state index in [-0.39, 0.29) is 16.7 Å². The lowest BCUT2D eigenvalue weighted by Gasteiger charge is -2.35. The number of hydrogen-bond donors (Lipinski definition) is 0. The van der Waals surface area contributed by atoms with Crippen LogP contribution in [0.2, 0.25) is 0 Å². The Kier molecular flexibility index (Phi) is 4.50. The first-order valence-corrected chi connectivity index (χ1v) is 6.63. The van der Waals surface area contributed by atoms with E-state index in [0.29, 0.717) is 6.04 Å². The molecule has 1 aromatic rings. The molecule has 1 atom stereocenters. The highest BCUT2D eigenvalue weighted by molar-refractivity contribution is 5.34. The van der Waals surface area contributed by atoms with Crippen LogP contribution in [0, 0.1) is 10.1 Å². The Morgan fingerprint density at radius 3 is 2.42 bits per heavy atom. The van der Waals surface area contributed by atoms with Crippen LogP contribution >= 0.6 is 0 Å². The summed E-state index contributed by atoms with van der Waals surface area (Å²) in [5, 5.41) is 10.6. The number of ether oxygens (including phenoxy) is 1. The van der Waals surface area contributed by atoms with Crippen molar-refractivity contribution in [2.24, 2.45) is 0 Å². The van der Waals surface area contributed by atoms with Gasteiger partial charge in [0.05, 0.1) is 4.92 Å². The molecule has 0 saturated carbocycles. The molecule has 1 aliphatic rings. The number of hydrogen-bond acceptors (Lipinski definition) is 4. The molecule has 1 aromatic carbocycles. The summed E-state index contributed by atoms with van der Waals surface area (Å²) in [6.45, 7) is 3.78. The van der Waals surface area contributed by atoms with Crippen molar-refractivity contribution >= 4 is 5.69 Å². The second-order valence-electron chi connectivity index (χ2n) is 5.03.